The molecular formula is C11H21NO6S. The zero-order valence-corrected chi connectivity index (χ0v) is 11.8. The first-order chi connectivity index (χ1) is 9.01. The van der Waals surface area contributed by atoms with E-state index in [1.165, 1.54) is 6.92 Å². The van der Waals surface area contributed by atoms with Gasteiger partial charge in [-0.1, -0.05) is 0 Å². The van der Waals surface area contributed by atoms with Crippen LogP contribution in [0.3, 0.4) is 0 Å². The fourth-order valence-electron chi connectivity index (χ4n) is 1.86. The average molecular weight is 295 g/mol. The number of ether oxygens (including phenoxy) is 2. The molecule has 0 radical (unpaired) electrons. The monoisotopic (exact) mass is 295 g/mol. The van der Waals surface area contributed by atoms with Crippen molar-refractivity contribution in [2.75, 3.05) is 25.2 Å². The Kier molecular flexibility index (Phi) is 7.05. The van der Waals surface area contributed by atoms with Crippen LogP contribution in [-0.4, -0.2) is 77.1 Å². The molecule has 0 bridgehead atoms. The molecule has 0 spiro atoms. The summed E-state index contributed by atoms with van der Waals surface area (Å²) in [4.78, 5) is 11.1. The van der Waals surface area contributed by atoms with Crippen LogP contribution >= 0.6 is 11.8 Å². The molecule has 1 aliphatic rings. The zero-order chi connectivity index (χ0) is 14.4. The number of rotatable bonds is 6. The molecule has 0 aliphatic carbocycles. The first-order valence-corrected chi connectivity index (χ1v) is 7.40. The SMILES string of the molecule is CSCCOC1OC(CO)C(O)C(O)C1NC(C)=O. The third kappa shape index (κ3) is 4.59. The third-order valence-electron chi connectivity index (χ3n) is 2.82. The number of hydrogen-bond donors (Lipinski definition) is 4. The van der Waals surface area contributed by atoms with Gasteiger partial charge in [-0.3, -0.25) is 4.79 Å². The largest absolute Gasteiger partial charge is 0.394 e. The lowest BCUT2D eigenvalue weighted by molar-refractivity contribution is -0.268. The normalized spacial score (nSPS) is 35.1. The Bertz CT molecular complexity index is 292. The highest BCUT2D eigenvalue weighted by molar-refractivity contribution is 7.98. The molecule has 0 saturated carbocycles. The molecule has 8 heteroatoms. The minimum Gasteiger partial charge on any atom is -0.394 e. The maximum atomic E-state index is 11.1. The van der Waals surface area contributed by atoms with Gasteiger partial charge in [0.05, 0.1) is 13.2 Å². The van der Waals surface area contributed by atoms with Crippen molar-refractivity contribution >= 4 is 17.7 Å². The van der Waals surface area contributed by atoms with Gasteiger partial charge in [0.25, 0.3) is 0 Å². The van der Waals surface area contributed by atoms with Gasteiger partial charge >= 0.3 is 0 Å². The summed E-state index contributed by atoms with van der Waals surface area (Å²) in [5, 5.41) is 31.3. The van der Waals surface area contributed by atoms with E-state index in [1.807, 2.05) is 6.26 Å². The highest BCUT2D eigenvalue weighted by atomic mass is 32.2. The number of hydrogen-bond acceptors (Lipinski definition) is 7. The van der Waals surface area contributed by atoms with Crippen molar-refractivity contribution in [1.29, 1.82) is 0 Å². The minimum atomic E-state index is -1.28. The summed E-state index contributed by atoms with van der Waals surface area (Å²) < 4.78 is 10.8. The second-order valence-corrected chi connectivity index (χ2v) is 5.28. The van der Waals surface area contributed by atoms with E-state index in [-0.39, 0.29) is 5.91 Å². The van der Waals surface area contributed by atoms with E-state index < -0.39 is 37.3 Å². The Hall–Kier alpha value is -0.380. The van der Waals surface area contributed by atoms with Crippen molar-refractivity contribution in [3.63, 3.8) is 0 Å². The van der Waals surface area contributed by atoms with E-state index in [4.69, 9.17) is 14.6 Å². The van der Waals surface area contributed by atoms with Crippen LogP contribution in [0.1, 0.15) is 6.92 Å². The van der Waals surface area contributed by atoms with E-state index in [1.54, 1.807) is 11.8 Å². The van der Waals surface area contributed by atoms with Crippen LogP contribution in [0.5, 0.6) is 0 Å². The van der Waals surface area contributed by atoms with Gasteiger partial charge in [-0.2, -0.15) is 11.8 Å². The van der Waals surface area contributed by atoms with Crippen molar-refractivity contribution in [2.24, 2.45) is 0 Å². The van der Waals surface area contributed by atoms with Crippen LogP contribution < -0.4 is 5.32 Å². The van der Waals surface area contributed by atoms with Crippen molar-refractivity contribution < 1.29 is 29.6 Å². The van der Waals surface area contributed by atoms with Crippen LogP contribution in [0.4, 0.5) is 0 Å². The minimum absolute atomic E-state index is 0.360. The van der Waals surface area contributed by atoms with Gasteiger partial charge in [0, 0.05) is 12.7 Å². The first-order valence-electron chi connectivity index (χ1n) is 6.01. The molecule has 1 rings (SSSR count). The predicted molar refractivity (Wildman–Crippen MR) is 69.7 cm³/mol. The molecule has 0 aromatic carbocycles. The average Bonchev–Trinajstić information content (AvgIpc) is 2.37. The Morgan fingerprint density at radius 1 is 1.42 bits per heavy atom. The molecular weight excluding hydrogens is 274 g/mol. The summed E-state index contributed by atoms with van der Waals surface area (Å²) in [7, 11) is 0. The summed E-state index contributed by atoms with van der Waals surface area (Å²) in [5.41, 5.74) is 0. The van der Waals surface area contributed by atoms with Gasteiger partial charge in [0.15, 0.2) is 6.29 Å². The Morgan fingerprint density at radius 3 is 2.63 bits per heavy atom. The van der Waals surface area contributed by atoms with E-state index in [0.29, 0.717) is 6.61 Å². The lowest BCUT2D eigenvalue weighted by Gasteiger charge is -2.42. The summed E-state index contributed by atoms with van der Waals surface area (Å²) in [6.45, 7) is 1.24. The fraction of sp³-hybridized carbons (Fsp3) is 0.909. The smallest absolute Gasteiger partial charge is 0.217 e. The van der Waals surface area contributed by atoms with Gasteiger partial charge in [-0.25, -0.2) is 0 Å². The van der Waals surface area contributed by atoms with Crippen LogP contribution in [-0.2, 0) is 14.3 Å². The highest BCUT2D eigenvalue weighted by Crippen LogP contribution is 2.22. The third-order valence-corrected chi connectivity index (χ3v) is 3.40. The second kappa shape index (κ2) is 8.03. The Labute approximate surface area is 116 Å². The Morgan fingerprint density at radius 2 is 2.11 bits per heavy atom. The van der Waals surface area contributed by atoms with Crippen LogP contribution in [0.2, 0.25) is 0 Å². The van der Waals surface area contributed by atoms with E-state index in [9.17, 15) is 15.0 Å². The van der Waals surface area contributed by atoms with Gasteiger partial charge in [-0.05, 0) is 6.26 Å². The molecule has 1 heterocycles. The number of aliphatic hydroxyl groups excluding tert-OH is 3. The predicted octanol–water partition coefficient (Wildman–Crippen LogP) is -1.69. The van der Waals surface area contributed by atoms with Crippen molar-refractivity contribution in [3.8, 4) is 0 Å². The summed E-state index contributed by atoms with van der Waals surface area (Å²) in [6, 6.07) is -0.864. The molecule has 5 unspecified atom stereocenters. The molecule has 1 amide bonds. The van der Waals surface area contributed by atoms with Crippen molar-refractivity contribution in [1.82, 2.24) is 5.32 Å². The number of aliphatic hydroxyl groups is 3. The molecule has 4 N–H and O–H groups in total. The zero-order valence-electron chi connectivity index (χ0n) is 11.0. The summed E-state index contributed by atoms with van der Waals surface area (Å²) in [6.07, 6.45) is -2.44. The van der Waals surface area contributed by atoms with Crippen molar-refractivity contribution in [3.05, 3.63) is 0 Å². The molecule has 1 fully saturated rings. The quantitative estimate of drug-likeness (QED) is 0.433. The van der Waals surface area contributed by atoms with Crippen LogP contribution in [0, 0.1) is 0 Å². The second-order valence-electron chi connectivity index (χ2n) is 4.30. The fourth-order valence-corrected chi connectivity index (χ4v) is 2.12. The molecule has 112 valence electrons. The van der Waals surface area contributed by atoms with Gasteiger partial charge < -0.3 is 30.1 Å². The molecule has 7 nitrogen and oxygen atoms in total. The van der Waals surface area contributed by atoms with Gasteiger partial charge in [-0.15, -0.1) is 0 Å². The lowest BCUT2D eigenvalue weighted by atomic mass is 9.97. The van der Waals surface area contributed by atoms with Crippen LogP contribution in [0.15, 0.2) is 0 Å². The molecule has 1 aliphatic heterocycles. The molecule has 19 heavy (non-hydrogen) atoms. The number of thioether (sulfide) groups is 1. The number of amides is 1. The Balaban J connectivity index is 2.71. The van der Waals surface area contributed by atoms with E-state index in [2.05, 4.69) is 5.32 Å². The maximum absolute atomic E-state index is 11.1. The first kappa shape index (κ1) is 16.7. The van der Waals surface area contributed by atoms with E-state index >= 15 is 0 Å². The number of carbonyl (C=O) groups is 1. The van der Waals surface area contributed by atoms with Crippen LogP contribution in [0.25, 0.3) is 0 Å². The van der Waals surface area contributed by atoms with Gasteiger partial charge in [0.2, 0.25) is 5.91 Å². The number of nitrogens with one attached hydrogen (secondary N) is 1. The van der Waals surface area contributed by atoms with Gasteiger partial charge in [0.1, 0.15) is 24.4 Å². The molecule has 0 aromatic heterocycles. The van der Waals surface area contributed by atoms with E-state index in [0.717, 1.165) is 5.75 Å². The summed E-state index contributed by atoms with van der Waals surface area (Å²) >= 11 is 1.58. The highest BCUT2D eigenvalue weighted by Gasteiger charge is 2.45. The lowest BCUT2D eigenvalue weighted by Crippen LogP contribution is -2.64. The van der Waals surface area contributed by atoms with Crippen molar-refractivity contribution in [2.45, 2.75) is 37.6 Å². The molecule has 5 atom stereocenters. The molecule has 0 aromatic rings. The number of carbonyl (C=O) groups excluding carboxylic acids is 1. The maximum Gasteiger partial charge on any atom is 0.217 e. The topological polar surface area (TPSA) is 108 Å². The standard InChI is InChI=1S/C11H21NO6S/c1-6(14)12-8-10(16)9(15)7(5-13)18-11(8)17-3-4-19-2/h7-11,13,15-16H,3-5H2,1-2H3,(H,12,14). The molecule has 1 saturated heterocycles. The summed E-state index contributed by atoms with van der Waals surface area (Å²) in [5.74, 6) is 0.371.